The first kappa shape index (κ1) is 21.8. The third-order valence-corrected chi connectivity index (χ3v) is 5.60. The lowest BCUT2D eigenvalue weighted by Crippen LogP contribution is -2.42. The monoisotopic (exact) mass is 405 g/mol. The molecule has 158 valence electrons. The Labute approximate surface area is 178 Å². The van der Waals surface area contributed by atoms with E-state index < -0.39 is 0 Å². The number of aryl methyl sites for hydroxylation is 1. The number of anilines is 1. The first-order valence-electron chi connectivity index (χ1n) is 10.7. The smallest absolute Gasteiger partial charge is 0.244 e. The number of hydrogen-bond acceptors (Lipinski definition) is 3. The van der Waals surface area contributed by atoms with E-state index in [9.17, 15) is 9.59 Å². The zero-order valence-corrected chi connectivity index (χ0v) is 17.6. The van der Waals surface area contributed by atoms with Gasteiger partial charge in [-0.25, -0.2) is 0 Å². The molecule has 0 spiro atoms. The molecule has 2 unspecified atom stereocenters. The predicted octanol–water partition coefficient (Wildman–Crippen LogP) is 4.17. The van der Waals surface area contributed by atoms with Crippen LogP contribution in [0, 0.1) is 12.8 Å². The summed E-state index contributed by atoms with van der Waals surface area (Å²) in [5.41, 5.74) is 9.59. The summed E-state index contributed by atoms with van der Waals surface area (Å²) < 4.78 is 0. The second-order valence-electron chi connectivity index (χ2n) is 8.06. The number of carbonyl (C=O) groups excluding carboxylic acids is 2. The van der Waals surface area contributed by atoms with E-state index >= 15 is 0 Å². The van der Waals surface area contributed by atoms with Crippen LogP contribution in [0.3, 0.4) is 0 Å². The minimum absolute atomic E-state index is 0.0226. The highest BCUT2D eigenvalue weighted by molar-refractivity contribution is 5.92. The van der Waals surface area contributed by atoms with Gasteiger partial charge in [0.1, 0.15) is 0 Å². The summed E-state index contributed by atoms with van der Waals surface area (Å²) in [6.07, 6.45) is 7.83. The van der Waals surface area contributed by atoms with Gasteiger partial charge in [0.25, 0.3) is 0 Å². The average molecular weight is 406 g/mol. The number of amides is 2. The molecule has 0 bridgehead atoms. The molecule has 1 aliphatic rings. The molecule has 0 heterocycles. The highest BCUT2D eigenvalue weighted by Crippen LogP contribution is 2.27. The number of benzene rings is 2. The average Bonchev–Trinajstić information content (AvgIpc) is 2.74. The first-order chi connectivity index (χ1) is 14.5. The van der Waals surface area contributed by atoms with Crippen LogP contribution in [0.2, 0.25) is 0 Å². The van der Waals surface area contributed by atoms with Crippen molar-refractivity contribution in [1.82, 2.24) is 5.32 Å². The van der Waals surface area contributed by atoms with E-state index in [4.69, 9.17) is 5.73 Å². The maximum Gasteiger partial charge on any atom is 0.244 e. The van der Waals surface area contributed by atoms with Crippen LogP contribution < -0.4 is 16.4 Å². The molecule has 3 rings (SSSR count). The van der Waals surface area contributed by atoms with Crippen LogP contribution in [-0.2, 0) is 16.1 Å². The Balaban J connectivity index is 1.56. The minimum atomic E-state index is -0.107. The van der Waals surface area contributed by atoms with Crippen LogP contribution >= 0.6 is 0 Å². The van der Waals surface area contributed by atoms with E-state index in [-0.39, 0.29) is 23.8 Å². The molecule has 0 radical (unpaired) electrons. The molecule has 0 aromatic heterocycles. The van der Waals surface area contributed by atoms with Crippen LogP contribution in [0.4, 0.5) is 5.69 Å². The van der Waals surface area contributed by atoms with E-state index in [0.29, 0.717) is 13.0 Å². The molecule has 5 nitrogen and oxygen atoms in total. The molecule has 5 heteroatoms. The maximum atomic E-state index is 12.6. The Hall–Kier alpha value is -2.92. The summed E-state index contributed by atoms with van der Waals surface area (Å²) in [7, 11) is 0. The summed E-state index contributed by atoms with van der Waals surface area (Å²) in [4.78, 5) is 25.0. The Morgan fingerprint density at radius 2 is 1.90 bits per heavy atom. The van der Waals surface area contributed by atoms with Crippen LogP contribution in [0.15, 0.2) is 54.6 Å². The number of hydrogen-bond donors (Lipinski definition) is 3. The maximum absolute atomic E-state index is 12.6. The molecule has 4 N–H and O–H groups in total. The van der Waals surface area contributed by atoms with Crippen molar-refractivity contribution in [2.45, 2.75) is 51.6 Å². The van der Waals surface area contributed by atoms with E-state index in [1.165, 1.54) is 0 Å². The van der Waals surface area contributed by atoms with Crippen LogP contribution in [0.5, 0.6) is 0 Å². The third kappa shape index (κ3) is 6.56. The van der Waals surface area contributed by atoms with Gasteiger partial charge in [-0.15, -0.1) is 0 Å². The zero-order chi connectivity index (χ0) is 21.3. The van der Waals surface area contributed by atoms with Gasteiger partial charge < -0.3 is 16.4 Å². The summed E-state index contributed by atoms with van der Waals surface area (Å²) in [6.45, 7) is 2.47. The SMILES string of the molecule is Cc1cccc(/C=C/C(=O)NC2CCCCC2CC(=O)Nc2cccc(CN)c2)c1. The van der Waals surface area contributed by atoms with E-state index in [1.54, 1.807) is 6.08 Å². The van der Waals surface area contributed by atoms with Crippen molar-refractivity contribution in [2.75, 3.05) is 5.32 Å². The lowest BCUT2D eigenvalue weighted by Gasteiger charge is -2.31. The summed E-state index contributed by atoms with van der Waals surface area (Å²) in [5, 5.41) is 6.09. The Morgan fingerprint density at radius 3 is 2.70 bits per heavy atom. The van der Waals surface area contributed by atoms with Gasteiger partial charge >= 0.3 is 0 Å². The fourth-order valence-electron chi connectivity index (χ4n) is 4.04. The highest BCUT2D eigenvalue weighted by atomic mass is 16.2. The molecule has 1 saturated carbocycles. The molecule has 1 aliphatic carbocycles. The van der Waals surface area contributed by atoms with Crippen molar-refractivity contribution < 1.29 is 9.59 Å². The number of nitrogens with two attached hydrogens (primary N) is 1. The van der Waals surface area contributed by atoms with Gasteiger partial charge in [0.2, 0.25) is 11.8 Å². The second kappa shape index (κ2) is 10.7. The lowest BCUT2D eigenvalue weighted by atomic mass is 9.82. The minimum Gasteiger partial charge on any atom is -0.350 e. The molecule has 0 saturated heterocycles. The normalized spacial score (nSPS) is 18.9. The number of rotatable bonds is 7. The summed E-state index contributed by atoms with van der Waals surface area (Å²) in [6, 6.07) is 15.6. The largest absolute Gasteiger partial charge is 0.350 e. The summed E-state index contributed by atoms with van der Waals surface area (Å²) in [5.74, 6) is 0.0165. The predicted molar refractivity (Wildman–Crippen MR) is 122 cm³/mol. The molecular formula is C25H31N3O2. The van der Waals surface area contributed by atoms with Gasteiger partial charge in [-0.05, 0) is 55.0 Å². The Kier molecular flexibility index (Phi) is 7.80. The number of nitrogens with one attached hydrogen (secondary N) is 2. The van der Waals surface area contributed by atoms with Crippen LogP contribution in [0.25, 0.3) is 6.08 Å². The topological polar surface area (TPSA) is 84.2 Å². The zero-order valence-electron chi connectivity index (χ0n) is 17.6. The molecule has 2 amide bonds. The van der Waals surface area contributed by atoms with Gasteiger partial charge in [0.05, 0.1) is 0 Å². The van der Waals surface area contributed by atoms with Crippen molar-refractivity contribution in [2.24, 2.45) is 11.7 Å². The Morgan fingerprint density at radius 1 is 1.10 bits per heavy atom. The van der Waals surface area contributed by atoms with Gasteiger partial charge in [0.15, 0.2) is 0 Å². The molecule has 2 aromatic carbocycles. The third-order valence-electron chi connectivity index (χ3n) is 5.60. The van der Waals surface area contributed by atoms with Gasteiger partial charge in [-0.1, -0.05) is 54.8 Å². The number of carbonyl (C=O) groups is 2. The lowest BCUT2D eigenvalue weighted by molar-refractivity contribution is -0.120. The molecule has 2 atom stereocenters. The second-order valence-corrected chi connectivity index (χ2v) is 8.06. The van der Waals surface area contributed by atoms with Crippen molar-refractivity contribution >= 4 is 23.6 Å². The van der Waals surface area contributed by atoms with Crippen LogP contribution in [-0.4, -0.2) is 17.9 Å². The quantitative estimate of drug-likeness (QED) is 0.605. The highest BCUT2D eigenvalue weighted by Gasteiger charge is 2.28. The standard InChI is InChI=1S/C25H31N3O2/c1-18-6-4-7-19(14-18)12-13-24(29)28-23-11-3-2-9-21(23)16-25(30)27-22-10-5-8-20(15-22)17-26/h4-8,10,12-15,21,23H,2-3,9,11,16-17,26H2,1H3,(H,27,30)(H,28,29)/b13-12+. The van der Waals surface area contributed by atoms with Crippen molar-refractivity contribution in [3.63, 3.8) is 0 Å². The van der Waals surface area contributed by atoms with Gasteiger partial charge in [-0.2, -0.15) is 0 Å². The van der Waals surface area contributed by atoms with Crippen LogP contribution in [0.1, 0.15) is 48.8 Å². The van der Waals surface area contributed by atoms with Crippen molar-refractivity contribution in [3.8, 4) is 0 Å². The molecule has 2 aromatic rings. The summed E-state index contributed by atoms with van der Waals surface area (Å²) >= 11 is 0. The van der Waals surface area contributed by atoms with Gasteiger partial charge in [-0.3, -0.25) is 9.59 Å². The first-order valence-corrected chi connectivity index (χ1v) is 10.7. The van der Waals surface area contributed by atoms with Crippen molar-refractivity contribution in [1.29, 1.82) is 0 Å². The molecule has 1 fully saturated rings. The van der Waals surface area contributed by atoms with E-state index in [0.717, 1.165) is 48.1 Å². The molecular weight excluding hydrogens is 374 g/mol. The van der Waals surface area contributed by atoms with Crippen molar-refractivity contribution in [3.05, 3.63) is 71.3 Å². The fourth-order valence-corrected chi connectivity index (χ4v) is 4.04. The van der Waals surface area contributed by atoms with E-state index in [1.807, 2.05) is 61.5 Å². The fraction of sp³-hybridized carbons (Fsp3) is 0.360. The Bertz CT molecular complexity index is 907. The molecule has 0 aliphatic heterocycles. The molecule has 30 heavy (non-hydrogen) atoms. The van der Waals surface area contributed by atoms with Gasteiger partial charge in [0, 0.05) is 30.8 Å². The van der Waals surface area contributed by atoms with E-state index in [2.05, 4.69) is 10.6 Å².